The number of nitrogens with one attached hydrogen (secondary N) is 3. The third-order valence-electron chi connectivity index (χ3n) is 9.58. The number of H-pyrrole nitrogens is 1. The molecule has 9 rings (SSSR count). The molecule has 8 nitrogen and oxygen atoms in total. The van der Waals surface area contributed by atoms with Gasteiger partial charge in [-0.1, -0.05) is 0 Å². The van der Waals surface area contributed by atoms with Crippen molar-refractivity contribution in [3.63, 3.8) is 0 Å². The predicted molar refractivity (Wildman–Crippen MR) is 176 cm³/mol. The zero-order valence-corrected chi connectivity index (χ0v) is 27.6. The van der Waals surface area contributed by atoms with Crippen molar-refractivity contribution in [1.29, 1.82) is 0 Å². The van der Waals surface area contributed by atoms with E-state index in [0.29, 0.717) is 9.46 Å². The fraction of sp³-hybridized carbons (Fsp3) is 0.250. The number of imidazole rings is 1. The van der Waals surface area contributed by atoms with Crippen LogP contribution in [-0.2, 0) is 3.42 Å². The Morgan fingerprint density at radius 1 is 0.867 bits per heavy atom. The van der Waals surface area contributed by atoms with Crippen LogP contribution < -0.4 is 31.8 Å². The molecular formula is C36H33IN8. The molecule has 0 spiro atoms. The molecule has 3 N–H and O–H groups in total. The Morgan fingerprint density at radius 3 is 2.60 bits per heavy atom. The van der Waals surface area contributed by atoms with E-state index < -0.39 is 0 Å². The van der Waals surface area contributed by atoms with Gasteiger partial charge in [-0.2, -0.15) is 0 Å². The van der Waals surface area contributed by atoms with Gasteiger partial charge < -0.3 is 5.32 Å². The summed E-state index contributed by atoms with van der Waals surface area (Å²) in [5.41, 5.74) is 12.9. The van der Waals surface area contributed by atoms with Gasteiger partial charge in [-0.25, -0.2) is 0 Å². The molecule has 0 radical (unpaired) electrons. The quantitative estimate of drug-likeness (QED) is 0.138. The predicted octanol–water partition coefficient (Wildman–Crippen LogP) is 3.99. The molecule has 45 heavy (non-hydrogen) atoms. The zero-order valence-electron chi connectivity index (χ0n) is 25.4. The van der Waals surface area contributed by atoms with E-state index in [1.54, 1.807) is 5.71 Å². The SMILES string of the molecule is Cc1cc(Nc2ccc3nc(-c4ccc(Nc5cc(C)nc6ccc([C@@]78C[C@H]9CCC(=[N+]9C)[C@@H]7[I-]8)cc56)cn4)[nH]c3c2)ccn1. The Kier molecular flexibility index (Phi) is 6.03. The van der Waals surface area contributed by atoms with E-state index in [0.717, 1.165) is 66.1 Å². The number of hydrogen-bond acceptors (Lipinski definition) is 6. The number of benzene rings is 2. The Bertz CT molecular complexity index is 2190. The molecule has 2 aromatic carbocycles. The number of aromatic amines is 1. The number of hydrogen-bond donors (Lipinski definition) is 3. The third-order valence-corrected chi connectivity index (χ3v) is 14.1. The number of aryl methyl sites for hydroxylation is 2. The van der Waals surface area contributed by atoms with Gasteiger partial charge in [0.15, 0.2) is 0 Å². The second kappa shape index (κ2) is 10.1. The first-order valence-electron chi connectivity index (χ1n) is 15.5. The minimum absolute atomic E-state index is 0.146. The molecule has 0 amide bonds. The maximum absolute atomic E-state index is 4.88. The Balaban J connectivity index is 0.979. The summed E-state index contributed by atoms with van der Waals surface area (Å²) in [6.07, 6.45) is 7.64. The molecule has 3 aliphatic rings. The molecule has 3 atom stereocenters. The molecule has 1 saturated heterocycles. The first-order chi connectivity index (χ1) is 21.9. The Hall–Kier alpha value is -4.38. The minimum atomic E-state index is 0.146. The van der Waals surface area contributed by atoms with Gasteiger partial charge in [0, 0.05) is 23.3 Å². The summed E-state index contributed by atoms with van der Waals surface area (Å²) in [5, 5.41) is 8.31. The Labute approximate surface area is 271 Å². The monoisotopic (exact) mass is 704 g/mol. The average molecular weight is 705 g/mol. The van der Waals surface area contributed by atoms with Crippen molar-refractivity contribution in [2.24, 2.45) is 0 Å². The molecule has 3 aliphatic heterocycles. The van der Waals surface area contributed by atoms with Crippen molar-refractivity contribution in [3.8, 4) is 11.5 Å². The van der Waals surface area contributed by atoms with Gasteiger partial charge in [0.25, 0.3) is 0 Å². The molecule has 0 saturated carbocycles. The van der Waals surface area contributed by atoms with Gasteiger partial charge in [-0.05, 0) is 37.3 Å². The summed E-state index contributed by atoms with van der Waals surface area (Å²) in [4.78, 5) is 22.2. The molecule has 2 bridgehead atoms. The first-order valence-corrected chi connectivity index (χ1v) is 17.8. The van der Waals surface area contributed by atoms with Crippen molar-refractivity contribution >= 4 is 50.4 Å². The van der Waals surface area contributed by atoms with E-state index in [1.807, 2.05) is 49.6 Å². The van der Waals surface area contributed by atoms with E-state index in [4.69, 9.17) is 15.0 Å². The smallest absolute Gasteiger partial charge is 0.261 e. The van der Waals surface area contributed by atoms with Gasteiger partial charge in [0.2, 0.25) is 0 Å². The molecular weight excluding hydrogens is 671 g/mol. The van der Waals surface area contributed by atoms with E-state index in [2.05, 4.69) is 75.5 Å². The van der Waals surface area contributed by atoms with Crippen LogP contribution in [0.3, 0.4) is 0 Å². The van der Waals surface area contributed by atoms with Gasteiger partial charge in [0.05, 0.1) is 11.0 Å². The summed E-state index contributed by atoms with van der Waals surface area (Å²) >= 11 is 0.146. The number of rotatable bonds is 6. The minimum Gasteiger partial charge on any atom is -0.261 e. The van der Waals surface area contributed by atoms with Crippen LogP contribution in [-0.4, -0.2) is 52.2 Å². The summed E-state index contributed by atoms with van der Waals surface area (Å²) < 4.78 is 3.84. The van der Waals surface area contributed by atoms with Crippen LogP contribution in [0.5, 0.6) is 0 Å². The van der Waals surface area contributed by atoms with E-state index >= 15 is 0 Å². The number of alkyl halides is 2. The van der Waals surface area contributed by atoms with Crippen molar-refractivity contribution in [1.82, 2.24) is 24.9 Å². The summed E-state index contributed by atoms with van der Waals surface area (Å²) in [5.74, 6) is 0.745. The van der Waals surface area contributed by atoms with Crippen LogP contribution in [0.15, 0.2) is 79.1 Å². The van der Waals surface area contributed by atoms with Gasteiger partial charge in [0.1, 0.15) is 0 Å². The van der Waals surface area contributed by atoms with Crippen LogP contribution in [0.25, 0.3) is 33.5 Å². The van der Waals surface area contributed by atoms with Crippen LogP contribution >= 0.6 is 0 Å². The molecule has 224 valence electrons. The molecule has 7 heterocycles. The van der Waals surface area contributed by atoms with E-state index in [1.165, 1.54) is 30.2 Å². The Morgan fingerprint density at radius 2 is 1.73 bits per heavy atom. The third kappa shape index (κ3) is 4.58. The summed E-state index contributed by atoms with van der Waals surface area (Å²) in [7, 11) is 2.32. The summed E-state index contributed by atoms with van der Waals surface area (Å²) in [6, 6.07) is 24.1. The van der Waals surface area contributed by atoms with Gasteiger partial charge in [-0.3, -0.25) is 4.98 Å². The number of anilines is 4. The molecule has 0 unspecified atom stereocenters. The molecule has 1 fully saturated rings. The first kappa shape index (κ1) is 27.0. The topological polar surface area (TPSA) is 94.4 Å². The number of nitrogens with zero attached hydrogens (tertiary/aromatic N) is 5. The molecule has 6 aromatic rings. The van der Waals surface area contributed by atoms with E-state index in [-0.39, 0.29) is 21.2 Å². The fourth-order valence-corrected chi connectivity index (χ4v) is 11.7. The second-order valence-electron chi connectivity index (χ2n) is 12.6. The number of aromatic nitrogens is 5. The zero-order chi connectivity index (χ0) is 30.3. The maximum atomic E-state index is 4.88. The van der Waals surface area contributed by atoms with Crippen molar-refractivity contribution in [2.45, 2.75) is 46.5 Å². The fourth-order valence-electron chi connectivity index (χ4n) is 7.25. The second-order valence-corrected chi connectivity index (χ2v) is 16.4. The standard InChI is InChI=1S/C36H33IN8/c1-20-14-24(12-13-38-20)41-23-5-9-29-32(17-23)44-35(43-29)30-10-6-25(19-39-30)42-31-15-21(2)40-28-8-4-22(16-27(28)31)36-18-26-7-11-33(45(26)3)34(36)37-36/h4-6,8-10,12-17,19,26,34H,7,11,18H2,1-3H3,(H,38,41)(H,40,42)(H,43,44)/t26-,34+,36+/m1/s1. The van der Waals surface area contributed by atoms with Crippen molar-refractivity contribution in [2.75, 3.05) is 17.7 Å². The van der Waals surface area contributed by atoms with Crippen molar-refractivity contribution in [3.05, 3.63) is 96.1 Å². The van der Waals surface area contributed by atoms with Crippen LogP contribution in [0, 0.1) is 13.8 Å². The number of halogens is 1. The average Bonchev–Trinajstić information content (AvgIpc) is 3.51. The summed E-state index contributed by atoms with van der Waals surface area (Å²) in [6.45, 7) is 4.05. The van der Waals surface area contributed by atoms with Gasteiger partial charge in [-0.15, -0.1) is 0 Å². The van der Waals surface area contributed by atoms with Gasteiger partial charge >= 0.3 is 191 Å². The number of pyridine rings is 3. The molecule has 0 aliphatic carbocycles. The van der Waals surface area contributed by atoms with Crippen LogP contribution in [0.2, 0.25) is 0 Å². The normalized spacial score (nSPS) is 21.9. The van der Waals surface area contributed by atoms with E-state index in [9.17, 15) is 0 Å². The molecule has 9 heteroatoms. The van der Waals surface area contributed by atoms with Crippen LogP contribution in [0.1, 0.15) is 36.2 Å². The molecule has 4 aromatic heterocycles. The van der Waals surface area contributed by atoms with Crippen LogP contribution in [0.4, 0.5) is 22.7 Å². The van der Waals surface area contributed by atoms with Crippen molar-refractivity contribution < 1.29 is 25.8 Å². The number of fused-ring (bicyclic) bond motifs is 5.